The zero-order chi connectivity index (χ0) is 16.5. The molecule has 1 aliphatic heterocycles. The van der Waals surface area contributed by atoms with Crippen molar-refractivity contribution in [1.29, 1.82) is 0 Å². The monoisotopic (exact) mass is 323 g/mol. The van der Waals surface area contributed by atoms with Crippen LogP contribution in [0.4, 0.5) is 11.7 Å². The first-order valence-electron chi connectivity index (χ1n) is 7.72. The van der Waals surface area contributed by atoms with Crippen LogP contribution in [-0.4, -0.2) is 30.9 Å². The predicted octanol–water partition coefficient (Wildman–Crippen LogP) is 3.45. The van der Waals surface area contributed by atoms with E-state index in [0.29, 0.717) is 23.3 Å². The smallest absolute Gasteiger partial charge is 0.328 e. The van der Waals surface area contributed by atoms with Crippen molar-refractivity contribution in [3.63, 3.8) is 0 Å². The normalized spacial score (nSPS) is 13.0. The lowest BCUT2D eigenvalue weighted by atomic mass is 10.1. The number of anilines is 2. The Bertz CT molecular complexity index is 875. The lowest BCUT2D eigenvalue weighted by molar-refractivity contribution is 0.355. The first-order valence-corrected chi connectivity index (χ1v) is 7.72. The summed E-state index contributed by atoms with van der Waals surface area (Å²) in [7, 11) is 3.20. The molecule has 2 aromatic carbocycles. The number of benzene rings is 2. The van der Waals surface area contributed by atoms with E-state index < -0.39 is 0 Å². The van der Waals surface area contributed by atoms with Gasteiger partial charge in [0.2, 0.25) is 5.82 Å². The molecule has 0 N–H and O–H groups in total. The molecule has 0 fully saturated rings. The number of methoxy groups -OCH3 is 2. The van der Waals surface area contributed by atoms with Crippen molar-refractivity contribution in [2.24, 2.45) is 0 Å². The first kappa shape index (κ1) is 14.6. The molecule has 3 aromatic rings. The average Bonchev–Trinajstić information content (AvgIpc) is 3.27. The number of hydrogen-bond donors (Lipinski definition) is 0. The maximum absolute atomic E-state index is 5.50. The van der Waals surface area contributed by atoms with Crippen LogP contribution in [0.15, 0.2) is 47.0 Å². The largest absolute Gasteiger partial charge is 0.493 e. The lowest BCUT2D eigenvalue weighted by Crippen LogP contribution is -2.13. The molecule has 0 saturated heterocycles. The van der Waals surface area contributed by atoms with Crippen molar-refractivity contribution in [1.82, 2.24) is 10.1 Å². The molecule has 122 valence electrons. The standard InChI is InChI=1S/C18H17N3O3/c1-22-15-9-5-7-13(16(15)23-2)17-19-18(24-20-17)21-11-10-12-6-3-4-8-14(12)21/h3-9H,10-11H2,1-2H3. The van der Waals surface area contributed by atoms with Crippen molar-refractivity contribution in [2.75, 3.05) is 25.7 Å². The molecule has 24 heavy (non-hydrogen) atoms. The van der Waals surface area contributed by atoms with Crippen molar-refractivity contribution >= 4 is 11.7 Å². The Morgan fingerprint density at radius 2 is 1.92 bits per heavy atom. The summed E-state index contributed by atoms with van der Waals surface area (Å²) in [6.07, 6.45) is 0.969. The van der Waals surface area contributed by atoms with Gasteiger partial charge in [0, 0.05) is 12.2 Å². The van der Waals surface area contributed by atoms with E-state index in [1.807, 2.05) is 35.2 Å². The number of ether oxygens (including phenoxy) is 2. The molecular weight excluding hydrogens is 306 g/mol. The van der Waals surface area contributed by atoms with Crippen LogP contribution in [-0.2, 0) is 6.42 Å². The molecule has 0 aliphatic carbocycles. The molecule has 6 nitrogen and oxygen atoms in total. The van der Waals surface area contributed by atoms with Gasteiger partial charge in [-0.3, -0.25) is 4.90 Å². The van der Waals surface area contributed by atoms with E-state index in [-0.39, 0.29) is 0 Å². The van der Waals surface area contributed by atoms with Crippen molar-refractivity contribution < 1.29 is 14.0 Å². The van der Waals surface area contributed by atoms with Crippen LogP contribution in [0.25, 0.3) is 11.4 Å². The van der Waals surface area contributed by atoms with E-state index >= 15 is 0 Å². The maximum atomic E-state index is 5.50. The van der Waals surface area contributed by atoms with Gasteiger partial charge in [-0.15, -0.1) is 0 Å². The van der Waals surface area contributed by atoms with Gasteiger partial charge < -0.3 is 14.0 Å². The Balaban J connectivity index is 1.72. The van der Waals surface area contributed by atoms with E-state index in [1.165, 1.54) is 5.56 Å². The van der Waals surface area contributed by atoms with Gasteiger partial charge in [0.05, 0.1) is 19.8 Å². The van der Waals surface area contributed by atoms with Crippen LogP contribution in [0.3, 0.4) is 0 Å². The number of nitrogens with zero attached hydrogens (tertiary/aromatic N) is 3. The molecule has 0 saturated carbocycles. The fourth-order valence-electron chi connectivity index (χ4n) is 3.03. The summed E-state index contributed by atoms with van der Waals surface area (Å²) in [6.45, 7) is 0.830. The van der Waals surface area contributed by atoms with Crippen LogP contribution < -0.4 is 14.4 Å². The van der Waals surface area contributed by atoms with Gasteiger partial charge in [0.1, 0.15) is 0 Å². The van der Waals surface area contributed by atoms with Gasteiger partial charge in [-0.25, -0.2) is 0 Å². The molecule has 2 heterocycles. The van der Waals surface area contributed by atoms with Crippen LogP contribution in [0, 0.1) is 0 Å². The number of rotatable bonds is 4. The van der Waals surface area contributed by atoms with Gasteiger partial charge >= 0.3 is 6.01 Å². The van der Waals surface area contributed by atoms with Crippen molar-refractivity contribution in [3.8, 4) is 22.9 Å². The molecule has 0 amide bonds. The molecule has 6 heteroatoms. The zero-order valence-electron chi connectivity index (χ0n) is 13.5. The summed E-state index contributed by atoms with van der Waals surface area (Å²) < 4.78 is 16.3. The zero-order valence-corrected chi connectivity index (χ0v) is 13.5. The summed E-state index contributed by atoms with van der Waals surface area (Å²) in [4.78, 5) is 6.60. The van der Waals surface area contributed by atoms with E-state index in [4.69, 9.17) is 14.0 Å². The molecular formula is C18H17N3O3. The summed E-state index contributed by atoms with van der Waals surface area (Å²) in [5, 5.41) is 4.12. The van der Waals surface area contributed by atoms with Crippen molar-refractivity contribution in [3.05, 3.63) is 48.0 Å². The second-order valence-electron chi connectivity index (χ2n) is 5.47. The highest BCUT2D eigenvalue weighted by molar-refractivity contribution is 5.70. The van der Waals surface area contributed by atoms with Crippen LogP contribution in [0.5, 0.6) is 11.5 Å². The topological polar surface area (TPSA) is 60.6 Å². The highest BCUT2D eigenvalue weighted by atomic mass is 16.5. The average molecular weight is 323 g/mol. The van der Waals surface area contributed by atoms with Gasteiger partial charge in [-0.2, -0.15) is 4.98 Å². The minimum atomic E-state index is 0.477. The molecule has 0 spiro atoms. The molecule has 0 radical (unpaired) electrons. The third-order valence-corrected chi connectivity index (χ3v) is 4.18. The van der Waals surface area contributed by atoms with Gasteiger partial charge in [-0.1, -0.05) is 29.4 Å². The van der Waals surface area contributed by atoms with E-state index in [2.05, 4.69) is 22.3 Å². The van der Waals surface area contributed by atoms with E-state index in [9.17, 15) is 0 Å². The number of hydrogen-bond acceptors (Lipinski definition) is 6. The lowest BCUT2D eigenvalue weighted by Gasteiger charge is -2.13. The summed E-state index contributed by atoms with van der Waals surface area (Å²) >= 11 is 0. The highest BCUT2D eigenvalue weighted by Gasteiger charge is 2.25. The minimum Gasteiger partial charge on any atom is -0.493 e. The second kappa shape index (κ2) is 5.88. The highest BCUT2D eigenvalue weighted by Crippen LogP contribution is 2.38. The Hall–Kier alpha value is -3.02. The Morgan fingerprint density at radius 1 is 1.04 bits per heavy atom. The molecule has 1 aromatic heterocycles. The fraction of sp³-hybridized carbons (Fsp3) is 0.222. The Kier molecular flexibility index (Phi) is 3.57. The van der Waals surface area contributed by atoms with Crippen LogP contribution in [0.1, 0.15) is 5.56 Å². The van der Waals surface area contributed by atoms with Gasteiger partial charge in [-0.05, 0) is 30.2 Å². The minimum absolute atomic E-state index is 0.477. The van der Waals surface area contributed by atoms with Gasteiger partial charge in [0.25, 0.3) is 0 Å². The van der Waals surface area contributed by atoms with Crippen LogP contribution in [0.2, 0.25) is 0 Å². The number of para-hydroxylation sites is 2. The summed E-state index contributed by atoms with van der Waals surface area (Å²) in [6, 6.07) is 14.3. The maximum Gasteiger partial charge on any atom is 0.328 e. The molecule has 0 atom stereocenters. The fourth-order valence-corrected chi connectivity index (χ4v) is 3.03. The van der Waals surface area contributed by atoms with Crippen molar-refractivity contribution in [2.45, 2.75) is 6.42 Å². The van der Waals surface area contributed by atoms with Gasteiger partial charge in [0.15, 0.2) is 11.5 Å². The SMILES string of the molecule is COc1cccc(-c2noc(N3CCc4ccccc43)n2)c1OC. The molecule has 4 rings (SSSR count). The number of fused-ring (bicyclic) bond motifs is 1. The first-order chi connectivity index (χ1) is 11.8. The quantitative estimate of drug-likeness (QED) is 0.733. The van der Waals surface area contributed by atoms with E-state index in [0.717, 1.165) is 24.2 Å². The van der Waals surface area contributed by atoms with E-state index in [1.54, 1.807) is 14.2 Å². The third kappa shape index (κ3) is 2.27. The number of aromatic nitrogens is 2. The molecule has 0 bridgehead atoms. The predicted molar refractivity (Wildman–Crippen MR) is 90.0 cm³/mol. The Morgan fingerprint density at radius 3 is 2.75 bits per heavy atom. The summed E-state index contributed by atoms with van der Waals surface area (Å²) in [5.41, 5.74) is 3.14. The molecule has 0 unspecified atom stereocenters. The third-order valence-electron chi connectivity index (χ3n) is 4.18. The summed E-state index contributed by atoms with van der Waals surface area (Å²) in [5.74, 6) is 1.70. The second-order valence-corrected chi connectivity index (χ2v) is 5.47. The molecule has 1 aliphatic rings. The Labute approximate surface area is 139 Å². The van der Waals surface area contributed by atoms with Crippen LogP contribution >= 0.6 is 0 Å².